The van der Waals surface area contributed by atoms with Crippen molar-refractivity contribution in [2.24, 2.45) is 0 Å². The van der Waals surface area contributed by atoms with Crippen molar-refractivity contribution in [2.75, 3.05) is 33.2 Å². The van der Waals surface area contributed by atoms with Gasteiger partial charge in [-0.3, -0.25) is 20.3 Å². The highest BCUT2D eigenvalue weighted by Gasteiger charge is 2.37. The minimum atomic E-state index is -2.60. The van der Waals surface area contributed by atoms with Crippen molar-refractivity contribution in [1.29, 1.82) is 0 Å². The highest BCUT2D eigenvalue weighted by Crippen LogP contribution is 2.30. The maximum atomic E-state index is 13.5. The number of piperidine rings is 1. The van der Waals surface area contributed by atoms with E-state index in [1.54, 1.807) is 17.3 Å². The van der Waals surface area contributed by atoms with E-state index >= 15 is 0 Å². The van der Waals surface area contributed by atoms with E-state index in [0.717, 1.165) is 53.5 Å². The van der Waals surface area contributed by atoms with Gasteiger partial charge in [-0.1, -0.05) is 6.07 Å². The number of likely N-dealkylation sites (tertiary alicyclic amines) is 2. The summed E-state index contributed by atoms with van der Waals surface area (Å²) < 4.78 is 27.1. The molecule has 5 rings (SSSR count). The van der Waals surface area contributed by atoms with Crippen molar-refractivity contribution >= 4 is 10.9 Å². The number of aromatic nitrogens is 3. The van der Waals surface area contributed by atoms with Gasteiger partial charge in [-0.2, -0.15) is 5.10 Å². The largest absolute Gasteiger partial charge is 0.373 e. The maximum absolute atomic E-state index is 13.5. The Kier molecular flexibility index (Phi) is 6.13. The normalized spacial score (nSPS) is 21.1. The predicted molar refractivity (Wildman–Crippen MR) is 123 cm³/mol. The van der Waals surface area contributed by atoms with E-state index in [1.807, 2.05) is 24.3 Å². The summed E-state index contributed by atoms with van der Waals surface area (Å²) in [5.41, 5.74) is 4.18. The second-order valence-electron chi connectivity index (χ2n) is 9.41. The van der Waals surface area contributed by atoms with Gasteiger partial charge in [-0.15, -0.1) is 0 Å². The minimum absolute atomic E-state index is 0.0893. The van der Waals surface area contributed by atoms with Crippen molar-refractivity contribution < 1.29 is 13.9 Å². The number of aliphatic hydroxyl groups is 1. The maximum Gasteiger partial charge on any atom is 0.261 e. The fourth-order valence-electron chi connectivity index (χ4n) is 4.83. The topological polar surface area (TPSA) is 80.3 Å². The smallest absolute Gasteiger partial charge is 0.261 e. The lowest BCUT2D eigenvalue weighted by molar-refractivity contribution is 0.0115. The molecular formula is C24H30F2N6O. The van der Waals surface area contributed by atoms with Crippen LogP contribution in [0.15, 0.2) is 36.7 Å². The van der Waals surface area contributed by atoms with Crippen LogP contribution in [0.1, 0.15) is 36.7 Å². The van der Waals surface area contributed by atoms with Gasteiger partial charge in [0.25, 0.3) is 5.92 Å². The van der Waals surface area contributed by atoms with Crippen molar-refractivity contribution in [3.05, 3.63) is 47.9 Å². The summed E-state index contributed by atoms with van der Waals surface area (Å²) in [7, 11) is 2.11. The molecule has 0 aliphatic carbocycles. The number of fused-ring (bicyclic) bond motifs is 1. The zero-order chi connectivity index (χ0) is 23.0. The molecule has 4 heterocycles. The van der Waals surface area contributed by atoms with Gasteiger partial charge in [0.2, 0.25) is 0 Å². The molecule has 0 spiro atoms. The Hall–Kier alpha value is -2.46. The number of H-pyrrole nitrogens is 1. The highest BCUT2D eigenvalue weighted by atomic mass is 19.3. The van der Waals surface area contributed by atoms with Gasteiger partial charge in [0.05, 0.1) is 17.8 Å². The molecule has 0 amide bonds. The molecule has 0 radical (unpaired) electrons. The van der Waals surface area contributed by atoms with E-state index in [9.17, 15) is 13.9 Å². The van der Waals surface area contributed by atoms with Gasteiger partial charge < -0.3 is 10.0 Å². The summed E-state index contributed by atoms with van der Waals surface area (Å²) in [5, 5.41) is 22.4. The van der Waals surface area contributed by atoms with Crippen LogP contribution in [0.5, 0.6) is 0 Å². The Morgan fingerprint density at radius 2 is 2.00 bits per heavy atom. The first-order valence-corrected chi connectivity index (χ1v) is 11.5. The molecular weight excluding hydrogens is 426 g/mol. The number of benzene rings is 1. The van der Waals surface area contributed by atoms with Crippen LogP contribution in [0, 0.1) is 0 Å². The number of rotatable bonds is 6. The van der Waals surface area contributed by atoms with Gasteiger partial charge in [-0.05, 0) is 62.3 Å². The molecule has 2 aromatic heterocycles. The molecule has 9 heteroatoms. The first-order chi connectivity index (χ1) is 15.9. The molecule has 1 aromatic carbocycles. The first kappa shape index (κ1) is 22.3. The third-order valence-electron chi connectivity index (χ3n) is 6.75. The molecule has 176 valence electrons. The number of aromatic amines is 1. The van der Waals surface area contributed by atoms with Gasteiger partial charge in [0, 0.05) is 48.9 Å². The first-order valence-electron chi connectivity index (χ1n) is 11.5. The highest BCUT2D eigenvalue weighted by molar-refractivity contribution is 5.86. The van der Waals surface area contributed by atoms with Crippen molar-refractivity contribution in [3.8, 4) is 11.1 Å². The monoisotopic (exact) mass is 456 g/mol. The fraction of sp³-hybridized carbons (Fsp3) is 0.500. The molecule has 0 bridgehead atoms. The minimum Gasteiger partial charge on any atom is -0.373 e. The molecule has 7 nitrogen and oxygen atoms in total. The van der Waals surface area contributed by atoms with Crippen LogP contribution in [-0.4, -0.2) is 75.3 Å². The van der Waals surface area contributed by atoms with Crippen LogP contribution in [0.2, 0.25) is 0 Å². The molecule has 3 aromatic rings. The van der Waals surface area contributed by atoms with Gasteiger partial charge in [0.15, 0.2) is 0 Å². The number of nitrogens with one attached hydrogen (secondary N) is 2. The van der Waals surface area contributed by atoms with Crippen LogP contribution in [0.3, 0.4) is 0 Å². The number of alkyl halides is 2. The lowest BCUT2D eigenvalue weighted by Crippen LogP contribution is -2.42. The van der Waals surface area contributed by atoms with E-state index in [4.69, 9.17) is 0 Å². The number of halogens is 2. The van der Waals surface area contributed by atoms with Gasteiger partial charge in [0.1, 0.15) is 6.23 Å². The zero-order valence-corrected chi connectivity index (χ0v) is 18.8. The summed E-state index contributed by atoms with van der Waals surface area (Å²) in [6.07, 6.45) is 4.57. The Labute approximate surface area is 191 Å². The molecule has 33 heavy (non-hydrogen) atoms. The number of pyridine rings is 1. The average Bonchev–Trinajstić information content (AvgIpc) is 3.37. The average molecular weight is 457 g/mol. The second kappa shape index (κ2) is 9.06. The van der Waals surface area contributed by atoms with E-state index in [2.05, 4.69) is 32.4 Å². The Balaban J connectivity index is 1.34. The molecule has 2 saturated heterocycles. The zero-order valence-electron chi connectivity index (χ0n) is 18.8. The summed E-state index contributed by atoms with van der Waals surface area (Å²) in [6.45, 7) is 2.66. The van der Waals surface area contributed by atoms with Crippen LogP contribution in [0.4, 0.5) is 8.78 Å². The van der Waals surface area contributed by atoms with E-state index in [-0.39, 0.29) is 19.0 Å². The van der Waals surface area contributed by atoms with Crippen LogP contribution < -0.4 is 5.32 Å². The number of aliphatic hydroxyl groups excluding tert-OH is 1. The fourth-order valence-corrected chi connectivity index (χ4v) is 4.83. The third-order valence-corrected chi connectivity index (χ3v) is 6.75. The molecule has 1 unspecified atom stereocenters. The Morgan fingerprint density at radius 1 is 1.18 bits per heavy atom. The summed E-state index contributed by atoms with van der Waals surface area (Å²) in [4.78, 5) is 8.40. The predicted octanol–water partition coefficient (Wildman–Crippen LogP) is 3.14. The molecule has 2 aliphatic rings. The van der Waals surface area contributed by atoms with E-state index in [1.165, 1.54) is 0 Å². The van der Waals surface area contributed by atoms with Crippen LogP contribution in [0.25, 0.3) is 22.0 Å². The molecule has 2 aliphatic heterocycles. The Morgan fingerprint density at radius 3 is 2.76 bits per heavy atom. The second-order valence-corrected chi connectivity index (χ2v) is 9.41. The molecule has 0 saturated carbocycles. The standard InChI is InChI=1S/C24H30F2N6O/c1-31-7-4-19(5-8-31)28-23(33)22-20-11-17(2-3-21(20)29-30-22)18-10-16(12-27-13-18)14-32-9-6-24(25,26)15-32/h2-3,10-13,19,23,28,33H,4-9,14-15H2,1H3,(H,29,30). The van der Waals surface area contributed by atoms with E-state index < -0.39 is 12.2 Å². The van der Waals surface area contributed by atoms with Crippen LogP contribution >= 0.6 is 0 Å². The van der Waals surface area contributed by atoms with Crippen molar-refractivity contribution in [1.82, 2.24) is 30.3 Å². The van der Waals surface area contributed by atoms with E-state index in [0.29, 0.717) is 18.8 Å². The SMILES string of the molecule is CN1CCC(NC(O)c2[nH]nc3ccc(-c4cncc(CN5CCC(F)(F)C5)c4)cc23)CC1. The van der Waals surface area contributed by atoms with Crippen molar-refractivity contribution in [2.45, 2.75) is 44.0 Å². The quantitative estimate of drug-likeness (QED) is 0.495. The molecule has 3 N–H and O–H groups in total. The summed E-state index contributed by atoms with van der Waals surface area (Å²) in [5.74, 6) is -2.60. The Bertz CT molecular complexity index is 1110. The van der Waals surface area contributed by atoms with Gasteiger partial charge in [-0.25, -0.2) is 8.78 Å². The number of nitrogens with zero attached hydrogens (tertiary/aromatic N) is 4. The van der Waals surface area contributed by atoms with Gasteiger partial charge >= 0.3 is 0 Å². The lowest BCUT2D eigenvalue weighted by atomic mass is 10.0. The number of hydrogen-bond donors (Lipinski definition) is 3. The molecule has 2 fully saturated rings. The summed E-state index contributed by atoms with van der Waals surface area (Å²) >= 11 is 0. The van der Waals surface area contributed by atoms with Crippen LogP contribution in [-0.2, 0) is 6.54 Å². The molecule has 1 atom stereocenters. The third kappa shape index (κ3) is 5.06. The summed E-state index contributed by atoms with van der Waals surface area (Å²) in [6, 6.07) is 8.14. The number of hydrogen-bond acceptors (Lipinski definition) is 6. The lowest BCUT2D eigenvalue weighted by Gasteiger charge is -2.31. The van der Waals surface area contributed by atoms with Crippen molar-refractivity contribution in [3.63, 3.8) is 0 Å².